The molecule has 2 fully saturated rings. The zero-order chi connectivity index (χ0) is 12.6. The third-order valence-corrected chi connectivity index (χ3v) is 4.25. The Morgan fingerprint density at radius 1 is 1.61 bits per heavy atom. The van der Waals surface area contributed by atoms with Gasteiger partial charge in [0.1, 0.15) is 5.60 Å². The predicted octanol–water partition coefficient (Wildman–Crippen LogP) is 0.536. The molecule has 2 aliphatic rings. The number of aromatic nitrogens is 2. The molecule has 18 heavy (non-hydrogen) atoms. The molecule has 3 heterocycles. The maximum atomic E-state index is 10.2. The highest BCUT2D eigenvalue weighted by molar-refractivity contribution is 5.02. The van der Waals surface area contributed by atoms with Gasteiger partial charge >= 0.3 is 0 Å². The van der Waals surface area contributed by atoms with Crippen LogP contribution in [0.5, 0.6) is 0 Å². The van der Waals surface area contributed by atoms with Crippen LogP contribution in [0.4, 0.5) is 0 Å². The summed E-state index contributed by atoms with van der Waals surface area (Å²) in [4.78, 5) is 6.52. The lowest BCUT2D eigenvalue weighted by atomic mass is 9.87. The zero-order valence-corrected chi connectivity index (χ0v) is 10.9. The number of piperidine rings is 1. The van der Waals surface area contributed by atoms with E-state index in [1.807, 2.05) is 24.1 Å². The van der Waals surface area contributed by atoms with E-state index in [9.17, 15) is 5.11 Å². The van der Waals surface area contributed by atoms with E-state index >= 15 is 0 Å². The van der Waals surface area contributed by atoms with E-state index in [4.69, 9.17) is 4.74 Å². The average Bonchev–Trinajstić information content (AvgIpc) is 2.96. The van der Waals surface area contributed by atoms with Gasteiger partial charge in [0.25, 0.3) is 0 Å². The summed E-state index contributed by atoms with van der Waals surface area (Å²) in [5.74, 6) is 0. The molecule has 5 nitrogen and oxygen atoms in total. The number of imidazole rings is 1. The van der Waals surface area contributed by atoms with Crippen LogP contribution in [0.15, 0.2) is 12.5 Å². The van der Waals surface area contributed by atoms with Gasteiger partial charge in [0.15, 0.2) is 0 Å². The number of nitrogens with zero attached hydrogens (tertiary/aromatic N) is 3. The molecule has 0 unspecified atom stereocenters. The fourth-order valence-corrected chi connectivity index (χ4v) is 3.14. The molecule has 0 amide bonds. The number of hydrogen-bond donors (Lipinski definition) is 1. The molecule has 0 aliphatic carbocycles. The molecule has 3 rings (SSSR count). The summed E-state index contributed by atoms with van der Waals surface area (Å²) in [6, 6.07) is 0. The second-order valence-electron chi connectivity index (χ2n) is 5.53. The van der Waals surface area contributed by atoms with Crippen LogP contribution in [0.25, 0.3) is 0 Å². The standard InChI is InChI=1S/C13H21N3O2/c1-15-10-14-7-11(15)8-16-5-3-12(17)13(9-16)4-2-6-18-13/h7,10,12,17H,2-6,8-9H2,1H3/t12-,13-/m0/s1. The first-order valence-electron chi connectivity index (χ1n) is 6.69. The lowest BCUT2D eigenvalue weighted by molar-refractivity contribution is -0.132. The molecule has 2 atom stereocenters. The number of rotatable bonds is 2. The molecule has 5 heteroatoms. The van der Waals surface area contributed by atoms with Crippen molar-refractivity contribution >= 4 is 0 Å². The largest absolute Gasteiger partial charge is 0.390 e. The zero-order valence-electron chi connectivity index (χ0n) is 10.9. The Bertz CT molecular complexity index is 412. The SMILES string of the molecule is Cn1cncc1CN1CC[C@H](O)[C@]2(CCCO2)C1. The maximum Gasteiger partial charge on any atom is 0.107 e. The van der Waals surface area contributed by atoms with Crippen molar-refractivity contribution in [3.8, 4) is 0 Å². The first-order valence-corrected chi connectivity index (χ1v) is 6.69. The normalized spacial score (nSPS) is 33.3. The van der Waals surface area contributed by atoms with Crippen molar-refractivity contribution in [3.05, 3.63) is 18.2 Å². The summed E-state index contributed by atoms with van der Waals surface area (Å²) < 4.78 is 7.91. The van der Waals surface area contributed by atoms with Gasteiger partial charge in [-0.3, -0.25) is 4.90 Å². The highest BCUT2D eigenvalue weighted by atomic mass is 16.5. The van der Waals surface area contributed by atoms with Gasteiger partial charge in [-0.15, -0.1) is 0 Å². The molecule has 0 aromatic carbocycles. The first kappa shape index (κ1) is 12.1. The van der Waals surface area contributed by atoms with Crippen LogP contribution < -0.4 is 0 Å². The van der Waals surface area contributed by atoms with Crippen LogP contribution in [0.2, 0.25) is 0 Å². The minimum absolute atomic E-state index is 0.303. The fourth-order valence-electron chi connectivity index (χ4n) is 3.14. The Kier molecular flexibility index (Phi) is 3.13. The fraction of sp³-hybridized carbons (Fsp3) is 0.769. The van der Waals surface area contributed by atoms with Crippen molar-refractivity contribution in [1.82, 2.24) is 14.5 Å². The molecule has 0 radical (unpaired) electrons. The predicted molar refractivity (Wildman–Crippen MR) is 67.0 cm³/mol. The maximum absolute atomic E-state index is 10.2. The molecule has 1 aromatic heterocycles. The van der Waals surface area contributed by atoms with Gasteiger partial charge in [0.2, 0.25) is 0 Å². The highest BCUT2D eigenvalue weighted by Crippen LogP contribution is 2.35. The van der Waals surface area contributed by atoms with Gasteiger partial charge in [0.05, 0.1) is 18.1 Å². The van der Waals surface area contributed by atoms with Gasteiger partial charge in [-0.05, 0) is 19.3 Å². The Morgan fingerprint density at radius 3 is 3.17 bits per heavy atom. The number of ether oxygens (including phenoxy) is 1. The molecule has 1 aromatic rings. The van der Waals surface area contributed by atoms with Crippen LogP contribution in [0.3, 0.4) is 0 Å². The van der Waals surface area contributed by atoms with Crippen LogP contribution in [-0.2, 0) is 18.3 Å². The molecular weight excluding hydrogens is 230 g/mol. The van der Waals surface area contributed by atoms with E-state index in [1.165, 1.54) is 5.69 Å². The van der Waals surface area contributed by atoms with Crippen molar-refractivity contribution in [3.63, 3.8) is 0 Å². The van der Waals surface area contributed by atoms with Crippen molar-refractivity contribution in [1.29, 1.82) is 0 Å². The lowest BCUT2D eigenvalue weighted by Crippen LogP contribution is -2.56. The summed E-state index contributed by atoms with van der Waals surface area (Å²) in [7, 11) is 2.02. The van der Waals surface area contributed by atoms with Crippen LogP contribution in [0, 0.1) is 0 Å². The van der Waals surface area contributed by atoms with Crippen LogP contribution in [-0.4, -0.2) is 51.0 Å². The van der Waals surface area contributed by atoms with E-state index in [2.05, 4.69) is 9.88 Å². The smallest absolute Gasteiger partial charge is 0.107 e. The van der Waals surface area contributed by atoms with E-state index in [1.54, 1.807) is 0 Å². The molecule has 2 saturated heterocycles. The van der Waals surface area contributed by atoms with Gasteiger partial charge in [-0.2, -0.15) is 0 Å². The number of likely N-dealkylation sites (tertiary alicyclic amines) is 1. The quantitative estimate of drug-likeness (QED) is 0.833. The summed E-state index contributed by atoms with van der Waals surface area (Å²) in [6.45, 7) is 3.43. The summed E-state index contributed by atoms with van der Waals surface area (Å²) in [5.41, 5.74) is 0.899. The van der Waals surface area contributed by atoms with Gasteiger partial charge in [-0.1, -0.05) is 0 Å². The molecule has 100 valence electrons. The monoisotopic (exact) mass is 251 g/mol. The minimum Gasteiger partial charge on any atom is -0.390 e. The third-order valence-electron chi connectivity index (χ3n) is 4.25. The van der Waals surface area contributed by atoms with Crippen molar-refractivity contribution in [2.24, 2.45) is 7.05 Å². The Morgan fingerprint density at radius 2 is 2.50 bits per heavy atom. The molecule has 0 bridgehead atoms. The van der Waals surface area contributed by atoms with E-state index < -0.39 is 0 Å². The number of hydrogen-bond acceptors (Lipinski definition) is 4. The Hall–Kier alpha value is -0.910. The van der Waals surface area contributed by atoms with E-state index in [0.717, 1.165) is 45.5 Å². The second kappa shape index (κ2) is 4.64. The Balaban J connectivity index is 1.70. The van der Waals surface area contributed by atoms with Crippen molar-refractivity contribution in [2.45, 2.75) is 37.5 Å². The molecule has 1 N–H and O–H groups in total. The molecule has 0 saturated carbocycles. The minimum atomic E-state index is -0.309. The summed E-state index contributed by atoms with van der Waals surface area (Å²) in [6.07, 6.45) is 6.29. The van der Waals surface area contributed by atoms with Gasteiger partial charge < -0.3 is 14.4 Å². The topological polar surface area (TPSA) is 50.5 Å². The molecule has 1 spiro atoms. The number of aliphatic hydroxyl groups is 1. The first-order chi connectivity index (χ1) is 8.70. The van der Waals surface area contributed by atoms with Gasteiger partial charge in [0, 0.05) is 39.5 Å². The lowest BCUT2D eigenvalue weighted by Gasteiger charge is -2.43. The molecular formula is C13H21N3O2. The number of aliphatic hydroxyl groups excluding tert-OH is 1. The van der Waals surface area contributed by atoms with Crippen LogP contribution >= 0.6 is 0 Å². The summed E-state index contributed by atoms with van der Waals surface area (Å²) >= 11 is 0. The summed E-state index contributed by atoms with van der Waals surface area (Å²) in [5, 5.41) is 10.2. The van der Waals surface area contributed by atoms with Gasteiger partial charge in [-0.25, -0.2) is 4.98 Å². The average molecular weight is 251 g/mol. The second-order valence-corrected chi connectivity index (χ2v) is 5.53. The number of aryl methyl sites for hydroxylation is 1. The van der Waals surface area contributed by atoms with E-state index in [0.29, 0.717) is 0 Å². The van der Waals surface area contributed by atoms with Crippen molar-refractivity contribution in [2.75, 3.05) is 19.7 Å². The molecule has 2 aliphatic heterocycles. The highest BCUT2D eigenvalue weighted by Gasteiger charge is 2.46. The Labute approximate surface area is 107 Å². The van der Waals surface area contributed by atoms with Crippen LogP contribution in [0.1, 0.15) is 25.0 Å². The van der Waals surface area contributed by atoms with E-state index in [-0.39, 0.29) is 11.7 Å². The van der Waals surface area contributed by atoms with Crippen molar-refractivity contribution < 1.29 is 9.84 Å². The third kappa shape index (κ3) is 2.06.